The highest BCUT2D eigenvalue weighted by Gasteiger charge is 2.08. The number of alkyl halides is 2. The van der Waals surface area contributed by atoms with E-state index in [0.29, 0.717) is 38.5 Å². The zero-order valence-electron chi connectivity index (χ0n) is 53.4. The second-order valence-electron chi connectivity index (χ2n) is 19.5. The standard InChI is InChI=1S/2C11H24N2O.4C7H15NO.2C4H10ClN/c2*1-5-6-7-8-11(14)13(4)10-9-12(2)3;4*1-3-4-5-6-7(9)8-2;2*1-6(2)4-3-5/h2*5-10H2,1-4H3;4*3-6H2,1-2H3,(H,8,9);2*3-4H2,1-2H3/p-2. The molecular weight excluding hydrogens is 1000 g/mol. The Balaban J connectivity index is -0.000000118. The third-order valence-corrected chi connectivity index (χ3v) is 11.1. The van der Waals surface area contributed by atoms with Gasteiger partial charge < -0.3 is 60.2 Å². The van der Waals surface area contributed by atoms with E-state index >= 15 is 0 Å². The molecule has 0 saturated heterocycles. The summed E-state index contributed by atoms with van der Waals surface area (Å²) in [5.74, 6) is 2.39. The van der Waals surface area contributed by atoms with E-state index < -0.39 is 0 Å². The van der Waals surface area contributed by atoms with Crippen LogP contribution >= 0.6 is 23.2 Å². The highest BCUT2D eigenvalue weighted by atomic mass is 35.5. The van der Waals surface area contributed by atoms with Gasteiger partial charge in [0.25, 0.3) is 0 Å². The van der Waals surface area contributed by atoms with Gasteiger partial charge in [0.15, 0.2) is 0 Å². The summed E-state index contributed by atoms with van der Waals surface area (Å²) in [6, 6.07) is 0. The van der Waals surface area contributed by atoms with Crippen molar-refractivity contribution in [3.8, 4) is 0 Å². The van der Waals surface area contributed by atoms with Crippen LogP contribution in [0.2, 0.25) is 0 Å². The van der Waals surface area contributed by atoms with Gasteiger partial charge in [-0.05, 0) is 120 Å². The Morgan fingerprint density at radius 2 is 0.592 bits per heavy atom. The van der Waals surface area contributed by atoms with E-state index in [2.05, 4.69) is 72.0 Å². The predicted octanol–water partition coefficient (Wildman–Crippen LogP) is 9.28. The van der Waals surface area contributed by atoms with E-state index in [1.54, 1.807) is 28.2 Å². The van der Waals surface area contributed by atoms with Crippen LogP contribution in [-0.2, 0) is 19.2 Å². The van der Waals surface area contributed by atoms with Crippen LogP contribution in [0.3, 0.4) is 0 Å². The van der Waals surface area contributed by atoms with Crippen molar-refractivity contribution in [2.45, 2.75) is 196 Å². The van der Waals surface area contributed by atoms with Gasteiger partial charge in [-0.1, -0.05) is 119 Å². The molecule has 18 heteroatoms. The number of carbonyl (C=O) groups excluding carboxylic acids is 4. The van der Waals surface area contributed by atoms with E-state index in [0.717, 1.165) is 141 Å². The van der Waals surface area contributed by atoms with Crippen molar-refractivity contribution in [3.05, 3.63) is 0 Å². The summed E-state index contributed by atoms with van der Waals surface area (Å²) in [5.41, 5.74) is 0. The lowest BCUT2D eigenvalue weighted by atomic mass is 10.2. The molecule has 0 unspecified atom stereocenters. The number of hydrogen-bond donors (Lipinski definition) is 2. The summed E-state index contributed by atoms with van der Waals surface area (Å²) < 4.78 is 0. The Morgan fingerprint density at radius 1 is 0.368 bits per heavy atom. The third-order valence-electron chi connectivity index (χ3n) is 10.7. The van der Waals surface area contributed by atoms with Gasteiger partial charge in [0.05, 0.1) is 0 Å². The molecule has 2 N–H and O–H groups in total. The minimum absolute atomic E-state index is 0.0310. The quantitative estimate of drug-likeness (QED) is 0.0273. The number of unbranched alkanes of at least 4 members (excludes halogenated alkanes) is 12. The van der Waals surface area contributed by atoms with Crippen molar-refractivity contribution in [2.24, 2.45) is 9.98 Å². The number of halogens is 2. The first-order valence-corrected chi connectivity index (χ1v) is 29.9. The van der Waals surface area contributed by atoms with Crippen molar-refractivity contribution < 1.29 is 29.4 Å². The first kappa shape index (κ1) is 89.8. The predicted molar refractivity (Wildman–Crippen MR) is 331 cm³/mol. The van der Waals surface area contributed by atoms with Gasteiger partial charge in [-0.3, -0.25) is 19.2 Å². The van der Waals surface area contributed by atoms with Gasteiger partial charge >= 0.3 is 0 Å². The highest BCUT2D eigenvalue weighted by Crippen LogP contribution is 2.04. The van der Waals surface area contributed by atoms with E-state index in [1.165, 1.54) is 25.7 Å². The van der Waals surface area contributed by atoms with E-state index in [4.69, 9.17) is 23.2 Å². The highest BCUT2D eigenvalue weighted by molar-refractivity contribution is 6.18. The monoisotopic (exact) mass is 1130 g/mol. The maximum Gasteiger partial charge on any atom is 0.222 e. The van der Waals surface area contributed by atoms with E-state index in [1.807, 2.05) is 90.1 Å². The number of carbonyl (C=O) groups is 4. The van der Waals surface area contributed by atoms with Crippen LogP contribution in [0, 0.1) is 0 Å². The summed E-state index contributed by atoms with van der Waals surface area (Å²) in [5, 5.41) is 26.2. The summed E-state index contributed by atoms with van der Waals surface area (Å²) in [6.45, 7) is 18.3. The number of hydrogen-bond acceptors (Lipinski definition) is 12. The molecule has 0 bridgehead atoms. The largest absolute Gasteiger partial charge is 0.862 e. The van der Waals surface area contributed by atoms with Crippen LogP contribution in [0.15, 0.2) is 9.98 Å². The lowest BCUT2D eigenvalue weighted by Gasteiger charge is -2.19. The van der Waals surface area contributed by atoms with Crippen LogP contribution in [-0.4, -0.2) is 215 Å². The zero-order valence-corrected chi connectivity index (χ0v) is 54.9. The van der Waals surface area contributed by atoms with Crippen molar-refractivity contribution in [1.82, 2.24) is 40.0 Å². The molecule has 76 heavy (non-hydrogen) atoms. The van der Waals surface area contributed by atoms with Gasteiger partial charge in [0.2, 0.25) is 23.6 Å². The summed E-state index contributed by atoms with van der Waals surface area (Å²) >= 11 is 10.7. The summed E-state index contributed by atoms with van der Waals surface area (Å²) in [4.78, 5) is 63.2. The van der Waals surface area contributed by atoms with Gasteiger partial charge in [-0.25, -0.2) is 0 Å². The van der Waals surface area contributed by atoms with Crippen molar-refractivity contribution in [1.29, 1.82) is 0 Å². The van der Waals surface area contributed by atoms with Crippen molar-refractivity contribution >= 4 is 58.6 Å². The Bertz CT molecular complexity index is 1160. The SMILES string of the molecule is CCCCCC(=O)N(C)CCN(C)C.CCCCCC(=O)N(C)CCN(C)C.CCCCCC(=O)NC.CCCCCC(=O)NC.CCCCCC([O-])=NC.CCCCCC([O-])=NC.CN(C)CCCl.CN(C)CCCl. The molecule has 460 valence electrons. The molecule has 0 atom stereocenters. The van der Waals surface area contributed by atoms with Crippen LogP contribution in [0.4, 0.5) is 0 Å². The average molecular weight is 1130 g/mol. The number of nitrogens with one attached hydrogen (secondary N) is 2. The van der Waals surface area contributed by atoms with Crippen LogP contribution in [0.25, 0.3) is 0 Å². The van der Waals surface area contributed by atoms with Crippen molar-refractivity contribution in [2.75, 3.05) is 150 Å². The number of aliphatic imine (C=N–C) groups is 2. The number of amides is 4. The van der Waals surface area contributed by atoms with Crippen LogP contribution in [0.5, 0.6) is 0 Å². The van der Waals surface area contributed by atoms with Gasteiger partial charge in [-0.15, -0.1) is 23.2 Å². The van der Waals surface area contributed by atoms with Crippen LogP contribution < -0.4 is 20.8 Å². The molecule has 0 aromatic heterocycles. The first-order valence-electron chi connectivity index (χ1n) is 28.8. The van der Waals surface area contributed by atoms with Gasteiger partial charge in [-0.2, -0.15) is 0 Å². The molecule has 0 saturated carbocycles. The fraction of sp³-hybridized carbons (Fsp3) is 0.897. The Labute approximate surface area is 481 Å². The topological polar surface area (TPSA) is 183 Å². The van der Waals surface area contributed by atoms with E-state index in [-0.39, 0.29) is 35.4 Å². The molecule has 0 radical (unpaired) electrons. The van der Waals surface area contributed by atoms with Gasteiger partial charge in [0.1, 0.15) is 0 Å². The molecule has 0 aliphatic rings. The molecule has 0 heterocycles. The van der Waals surface area contributed by atoms with Crippen molar-refractivity contribution in [3.63, 3.8) is 0 Å². The fourth-order valence-electron chi connectivity index (χ4n) is 5.32. The molecule has 0 aliphatic heterocycles. The number of nitrogens with zero attached hydrogens (tertiary/aromatic N) is 8. The van der Waals surface area contributed by atoms with Gasteiger partial charge in [0, 0.05) is 119 Å². The molecule has 4 amide bonds. The minimum Gasteiger partial charge on any atom is -0.862 e. The Hall–Kier alpha value is -2.76. The van der Waals surface area contributed by atoms with E-state index in [9.17, 15) is 29.4 Å². The smallest absolute Gasteiger partial charge is 0.222 e. The molecule has 0 spiro atoms. The molecule has 0 fully saturated rings. The zero-order chi connectivity index (χ0) is 60.4. The lowest BCUT2D eigenvalue weighted by molar-refractivity contribution is -0.219. The Kier molecular flexibility index (Phi) is 90.4. The summed E-state index contributed by atoms with van der Waals surface area (Å²) in [6.07, 6.45) is 24.1. The maximum absolute atomic E-state index is 11.5. The molecule has 0 rings (SSSR count). The number of rotatable bonds is 34. The minimum atomic E-state index is 0.0310. The normalized spacial score (nSPS) is 10.5. The molecule has 0 aliphatic carbocycles. The first-order chi connectivity index (χ1) is 35.9. The summed E-state index contributed by atoms with van der Waals surface area (Å²) in [7, 11) is 26.3. The average Bonchev–Trinajstić information content (AvgIpc) is 3.38. The van der Waals surface area contributed by atoms with Crippen LogP contribution in [0.1, 0.15) is 196 Å². The molecule has 16 nitrogen and oxygen atoms in total. The Morgan fingerprint density at radius 3 is 0.763 bits per heavy atom. The molecule has 0 aromatic rings. The molecule has 0 aromatic carbocycles. The second kappa shape index (κ2) is 76.5. The molecular formula is C58H126Cl2N10O6-2. The third kappa shape index (κ3) is 100. The maximum atomic E-state index is 11.5. The lowest BCUT2D eigenvalue weighted by Crippen LogP contribution is -2.33. The fourth-order valence-corrected chi connectivity index (χ4v) is 5.99. The number of likely N-dealkylation sites (N-methyl/N-ethyl adjacent to an activating group) is 4. The second-order valence-corrected chi connectivity index (χ2v) is 20.3.